The van der Waals surface area contributed by atoms with E-state index in [1.54, 1.807) is 24.4 Å². The molecular weight excluding hydrogens is 371 g/mol. The van der Waals surface area contributed by atoms with Gasteiger partial charge in [-0.2, -0.15) is 0 Å². The highest BCUT2D eigenvalue weighted by molar-refractivity contribution is 6.44. The number of aromatic nitrogens is 1. The second kappa shape index (κ2) is 6.85. The standard InChI is InChI=1S/C17H11Cl3N2O2/c18-12-7-14(20)15(8-13(12)19)21-16(23)9-22-6-5-10-3-1-2-4-11(10)17(22)24/h1-8H,9H2,(H,21,23). The number of halogens is 3. The molecule has 0 aliphatic heterocycles. The van der Waals surface area contributed by atoms with E-state index in [-0.39, 0.29) is 22.1 Å². The first kappa shape index (κ1) is 16.8. The number of rotatable bonds is 3. The van der Waals surface area contributed by atoms with Gasteiger partial charge in [-0.25, -0.2) is 0 Å². The van der Waals surface area contributed by atoms with Gasteiger partial charge in [-0.3, -0.25) is 9.59 Å². The van der Waals surface area contributed by atoms with E-state index in [4.69, 9.17) is 34.8 Å². The van der Waals surface area contributed by atoms with Crippen LogP contribution in [0.1, 0.15) is 0 Å². The minimum absolute atomic E-state index is 0.139. The Kier molecular flexibility index (Phi) is 4.81. The van der Waals surface area contributed by atoms with Crippen LogP contribution in [0.25, 0.3) is 10.8 Å². The third-order valence-electron chi connectivity index (χ3n) is 3.48. The molecule has 1 amide bonds. The predicted octanol–water partition coefficient (Wildman–Crippen LogP) is 4.60. The number of carbonyl (C=O) groups excluding carboxylic acids is 1. The van der Waals surface area contributed by atoms with Crippen molar-refractivity contribution in [2.75, 3.05) is 5.32 Å². The monoisotopic (exact) mass is 380 g/mol. The van der Waals surface area contributed by atoms with Crippen LogP contribution in [0.5, 0.6) is 0 Å². The Labute approximate surface area is 152 Å². The Morgan fingerprint density at radius 2 is 1.71 bits per heavy atom. The average molecular weight is 382 g/mol. The van der Waals surface area contributed by atoms with E-state index in [1.165, 1.54) is 16.7 Å². The van der Waals surface area contributed by atoms with E-state index >= 15 is 0 Å². The van der Waals surface area contributed by atoms with Crippen molar-refractivity contribution in [3.8, 4) is 0 Å². The van der Waals surface area contributed by atoms with Crippen molar-refractivity contribution in [2.24, 2.45) is 0 Å². The highest BCUT2D eigenvalue weighted by Crippen LogP contribution is 2.32. The number of hydrogen-bond acceptors (Lipinski definition) is 2. The van der Waals surface area contributed by atoms with E-state index in [0.29, 0.717) is 16.1 Å². The predicted molar refractivity (Wildman–Crippen MR) is 98.3 cm³/mol. The molecule has 0 bridgehead atoms. The van der Waals surface area contributed by atoms with Crippen molar-refractivity contribution in [3.63, 3.8) is 0 Å². The molecule has 1 N–H and O–H groups in total. The second-order valence-electron chi connectivity index (χ2n) is 5.13. The zero-order valence-corrected chi connectivity index (χ0v) is 14.5. The zero-order valence-electron chi connectivity index (χ0n) is 12.2. The average Bonchev–Trinajstić information content (AvgIpc) is 2.55. The molecule has 0 aliphatic rings. The second-order valence-corrected chi connectivity index (χ2v) is 6.35. The van der Waals surface area contributed by atoms with Gasteiger partial charge < -0.3 is 9.88 Å². The van der Waals surface area contributed by atoms with Gasteiger partial charge in [0.05, 0.1) is 20.8 Å². The molecule has 0 radical (unpaired) electrons. The largest absolute Gasteiger partial charge is 0.323 e. The van der Waals surface area contributed by atoms with Crippen LogP contribution in [0.3, 0.4) is 0 Å². The van der Waals surface area contributed by atoms with Crippen LogP contribution in [0.15, 0.2) is 53.5 Å². The van der Waals surface area contributed by atoms with Crippen LogP contribution in [0, 0.1) is 0 Å². The highest BCUT2D eigenvalue weighted by Gasteiger charge is 2.11. The summed E-state index contributed by atoms with van der Waals surface area (Å²) in [6.07, 6.45) is 1.58. The van der Waals surface area contributed by atoms with Crippen LogP contribution in [0.2, 0.25) is 15.1 Å². The lowest BCUT2D eigenvalue weighted by Crippen LogP contribution is -2.27. The summed E-state index contributed by atoms with van der Waals surface area (Å²) in [7, 11) is 0. The molecule has 2 aromatic carbocycles. The number of nitrogens with one attached hydrogen (secondary N) is 1. The van der Waals surface area contributed by atoms with Crippen LogP contribution >= 0.6 is 34.8 Å². The van der Waals surface area contributed by atoms with Crippen molar-refractivity contribution >= 4 is 57.2 Å². The molecule has 0 spiro atoms. The van der Waals surface area contributed by atoms with Gasteiger partial charge >= 0.3 is 0 Å². The van der Waals surface area contributed by atoms with Gasteiger partial charge in [0.25, 0.3) is 5.56 Å². The van der Waals surface area contributed by atoms with Gasteiger partial charge in [0, 0.05) is 11.6 Å². The molecule has 1 heterocycles. The van der Waals surface area contributed by atoms with Crippen LogP contribution in [-0.4, -0.2) is 10.5 Å². The Morgan fingerprint density at radius 1 is 1.00 bits per heavy atom. The molecule has 0 atom stereocenters. The van der Waals surface area contributed by atoms with E-state index in [0.717, 1.165) is 5.39 Å². The van der Waals surface area contributed by atoms with Crippen molar-refractivity contribution in [3.05, 3.63) is 74.1 Å². The van der Waals surface area contributed by atoms with Crippen molar-refractivity contribution in [1.82, 2.24) is 4.57 Å². The summed E-state index contributed by atoms with van der Waals surface area (Å²) in [5.41, 5.74) is 0.105. The molecule has 1 aromatic heterocycles. The number of hydrogen-bond donors (Lipinski definition) is 1. The van der Waals surface area contributed by atoms with Crippen molar-refractivity contribution < 1.29 is 4.79 Å². The molecule has 0 aliphatic carbocycles. The quantitative estimate of drug-likeness (QED) is 0.674. The number of pyridine rings is 1. The molecule has 0 unspecified atom stereocenters. The summed E-state index contributed by atoms with van der Waals surface area (Å²) in [6.45, 7) is -0.139. The number of carbonyl (C=O) groups is 1. The van der Waals surface area contributed by atoms with Crippen molar-refractivity contribution in [1.29, 1.82) is 0 Å². The number of fused-ring (bicyclic) bond motifs is 1. The topological polar surface area (TPSA) is 51.1 Å². The summed E-state index contributed by atoms with van der Waals surface area (Å²) in [5, 5.41) is 4.85. The molecule has 24 heavy (non-hydrogen) atoms. The van der Waals surface area contributed by atoms with Crippen molar-refractivity contribution in [2.45, 2.75) is 6.54 Å². The lowest BCUT2D eigenvalue weighted by Gasteiger charge is -2.10. The Balaban J connectivity index is 1.84. The lowest BCUT2D eigenvalue weighted by atomic mass is 10.2. The summed E-state index contributed by atoms with van der Waals surface area (Å²) < 4.78 is 1.34. The molecule has 4 nitrogen and oxygen atoms in total. The molecule has 0 saturated heterocycles. The highest BCUT2D eigenvalue weighted by atomic mass is 35.5. The SMILES string of the molecule is O=C(Cn1ccc2ccccc2c1=O)Nc1cc(Cl)c(Cl)cc1Cl. The maximum Gasteiger partial charge on any atom is 0.258 e. The van der Waals surface area contributed by atoms with Gasteiger partial charge in [-0.15, -0.1) is 0 Å². The molecule has 3 aromatic rings. The minimum atomic E-state index is -0.396. The maximum absolute atomic E-state index is 12.4. The Hall–Kier alpha value is -2.01. The number of anilines is 1. The van der Waals surface area contributed by atoms with Gasteiger partial charge in [0.2, 0.25) is 5.91 Å². The number of nitrogens with zero attached hydrogens (tertiary/aromatic N) is 1. The smallest absolute Gasteiger partial charge is 0.258 e. The van der Waals surface area contributed by atoms with Crippen LogP contribution in [-0.2, 0) is 11.3 Å². The molecule has 122 valence electrons. The van der Waals surface area contributed by atoms with E-state index in [2.05, 4.69) is 5.32 Å². The Bertz CT molecular complexity index is 999. The summed E-state index contributed by atoms with van der Waals surface area (Å²) in [6, 6.07) is 11.9. The van der Waals surface area contributed by atoms with E-state index in [1.807, 2.05) is 12.1 Å². The van der Waals surface area contributed by atoms with Crippen LogP contribution in [0.4, 0.5) is 5.69 Å². The number of benzene rings is 2. The normalized spacial score (nSPS) is 10.8. The summed E-state index contributed by atoms with van der Waals surface area (Å²) in [4.78, 5) is 24.6. The van der Waals surface area contributed by atoms with Gasteiger partial charge in [-0.05, 0) is 29.7 Å². The minimum Gasteiger partial charge on any atom is -0.323 e. The first-order valence-corrected chi connectivity index (χ1v) is 8.11. The van der Waals surface area contributed by atoms with E-state index < -0.39 is 5.91 Å². The number of amides is 1. The third kappa shape index (κ3) is 3.41. The Morgan fingerprint density at radius 3 is 2.50 bits per heavy atom. The fraction of sp³-hybridized carbons (Fsp3) is 0.0588. The maximum atomic E-state index is 12.4. The first-order chi connectivity index (χ1) is 11.5. The summed E-state index contributed by atoms with van der Waals surface area (Å²) in [5.74, 6) is -0.396. The molecule has 0 fully saturated rings. The first-order valence-electron chi connectivity index (χ1n) is 6.98. The molecule has 3 rings (SSSR count). The van der Waals surface area contributed by atoms with Crippen LogP contribution < -0.4 is 10.9 Å². The summed E-state index contributed by atoms with van der Waals surface area (Å²) >= 11 is 17.8. The lowest BCUT2D eigenvalue weighted by molar-refractivity contribution is -0.116. The molecule has 0 saturated carbocycles. The van der Waals surface area contributed by atoms with Gasteiger partial charge in [0.1, 0.15) is 6.54 Å². The molecular formula is C17H11Cl3N2O2. The molecule has 7 heteroatoms. The fourth-order valence-corrected chi connectivity index (χ4v) is 2.91. The van der Waals surface area contributed by atoms with Gasteiger partial charge in [-0.1, -0.05) is 53.0 Å². The van der Waals surface area contributed by atoms with E-state index in [9.17, 15) is 9.59 Å². The fourth-order valence-electron chi connectivity index (χ4n) is 2.32. The zero-order chi connectivity index (χ0) is 17.3. The van der Waals surface area contributed by atoms with Gasteiger partial charge in [0.15, 0.2) is 0 Å². The third-order valence-corrected chi connectivity index (χ3v) is 4.52.